The summed E-state index contributed by atoms with van der Waals surface area (Å²) in [6.45, 7) is 1.87. The summed E-state index contributed by atoms with van der Waals surface area (Å²) in [5, 5.41) is 5.42. The largest absolute Gasteiger partial charge is 0.466 e. The number of nitrogens with one attached hydrogen (secondary N) is 2. The van der Waals surface area contributed by atoms with Gasteiger partial charge in [0.1, 0.15) is 30.2 Å². The molecule has 0 fully saturated rings. The second-order valence-electron chi connectivity index (χ2n) is 4.45. The predicted octanol–water partition coefficient (Wildman–Crippen LogP) is 2.25. The molecule has 2 aromatic rings. The van der Waals surface area contributed by atoms with E-state index in [0.717, 1.165) is 0 Å². The molecule has 7 nitrogen and oxygen atoms in total. The van der Waals surface area contributed by atoms with Crippen LogP contribution in [0.1, 0.15) is 13.3 Å². The van der Waals surface area contributed by atoms with Gasteiger partial charge in [-0.25, -0.2) is 14.4 Å². The molecule has 0 spiro atoms. The first-order chi connectivity index (χ1) is 11.1. The third kappa shape index (κ3) is 5.34. The van der Waals surface area contributed by atoms with Gasteiger partial charge in [0.15, 0.2) is 0 Å². The summed E-state index contributed by atoms with van der Waals surface area (Å²) in [6, 6.07) is 7.22. The van der Waals surface area contributed by atoms with E-state index in [2.05, 4.69) is 25.3 Å². The van der Waals surface area contributed by atoms with Crippen LogP contribution in [-0.4, -0.2) is 28.5 Å². The molecule has 1 aromatic carbocycles. The Kier molecular flexibility index (Phi) is 5.56. The molecule has 23 heavy (non-hydrogen) atoms. The highest BCUT2D eigenvalue weighted by atomic mass is 19.1. The van der Waals surface area contributed by atoms with E-state index in [-0.39, 0.29) is 18.2 Å². The number of nitrogens with zero attached hydrogens (tertiary/aromatic N) is 2. The molecule has 0 saturated carbocycles. The number of anilines is 3. The molecule has 0 radical (unpaired) electrons. The van der Waals surface area contributed by atoms with Crippen molar-refractivity contribution in [3.8, 4) is 0 Å². The molecule has 1 aromatic heterocycles. The highest BCUT2D eigenvalue weighted by Crippen LogP contribution is 2.16. The van der Waals surface area contributed by atoms with Gasteiger partial charge in [-0.1, -0.05) is 0 Å². The maximum Gasteiger partial charge on any atom is 0.315 e. The van der Waals surface area contributed by atoms with Gasteiger partial charge in [-0.05, 0) is 31.2 Å². The van der Waals surface area contributed by atoms with Crippen molar-refractivity contribution >= 4 is 29.2 Å². The first kappa shape index (κ1) is 16.3. The van der Waals surface area contributed by atoms with E-state index in [4.69, 9.17) is 0 Å². The van der Waals surface area contributed by atoms with Crippen LogP contribution in [0.2, 0.25) is 0 Å². The summed E-state index contributed by atoms with van der Waals surface area (Å²) >= 11 is 0. The molecule has 0 unspecified atom stereocenters. The number of ether oxygens (including phenoxy) is 1. The normalized spacial score (nSPS) is 10.0. The molecule has 0 aliphatic heterocycles. The second kappa shape index (κ2) is 7.83. The Bertz CT molecular complexity index is 691. The number of amides is 1. The lowest BCUT2D eigenvalue weighted by molar-refractivity contribution is -0.145. The number of benzene rings is 1. The van der Waals surface area contributed by atoms with Crippen molar-refractivity contribution in [2.45, 2.75) is 13.3 Å². The van der Waals surface area contributed by atoms with Crippen LogP contribution in [0.25, 0.3) is 0 Å². The lowest BCUT2D eigenvalue weighted by Crippen LogP contribution is -2.18. The Morgan fingerprint density at radius 2 is 1.87 bits per heavy atom. The molecule has 8 heteroatoms. The summed E-state index contributed by atoms with van der Waals surface area (Å²) < 4.78 is 17.5. The van der Waals surface area contributed by atoms with Crippen molar-refractivity contribution in [3.05, 3.63) is 42.5 Å². The van der Waals surface area contributed by atoms with Gasteiger partial charge in [0, 0.05) is 11.8 Å². The first-order valence-corrected chi connectivity index (χ1v) is 6.87. The van der Waals surface area contributed by atoms with Crippen LogP contribution in [0.4, 0.5) is 21.7 Å². The second-order valence-corrected chi connectivity index (χ2v) is 4.45. The fourth-order valence-electron chi connectivity index (χ4n) is 1.71. The average Bonchev–Trinajstić information content (AvgIpc) is 2.50. The van der Waals surface area contributed by atoms with Crippen LogP contribution in [0.5, 0.6) is 0 Å². The summed E-state index contributed by atoms with van der Waals surface area (Å²) in [5.74, 6) is -0.833. The zero-order chi connectivity index (χ0) is 16.7. The minimum absolute atomic E-state index is 0.214. The van der Waals surface area contributed by atoms with Gasteiger partial charge in [-0.2, -0.15) is 0 Å². The standard InChI is InChI=1S/C15H15FN4O3/c1-2-23-15(22)8-14(21)20-13-7-12(17-9-18-13)19-11-5-3-10(16)4-6-11/h3-7,9H,2,8H2,1H3,(H2,17,18,19,20,21). The number of carbonyl (C=O) groups is 2. The zero-order valence-electron chi connectivity index (χ0n) is 12.4. The van der Waals surface area contributed by atoms with Crippen molar-refractivity contribution in [2.75, 3.05) is 17.2 Å². The number of halogens is 1. The van der Waals surface area contributed by atoms with Crippen LogP contribution in [0.15, 0.2) is 36.7 Å². The van der Waals surface area contributed by atoms with E-state index in [1.807, 2.05) is 0 Å². The number of aromatic nitrogens is 2. The topological polar surface area (TPSA) is 93.2 Å². The number of rotatable bonds is 6. The molecule has 0 atom stereocenters. The van der Waals surface area contributed by atoms with Crippen LogP contribution >= 0.6 is 0 Å². The van der Waals surface area contributed by atoms with Crippen LogP contribution in [-0.2, 0) is 14.3 Å². The van der Waals surface area contributed by atoms with Crippen molar-refractivity contribution in [1.29, 1.82) is 0 Å². The Morgan fingerprint density at radius 1 is 1.17 bits per heavy atom. The molecule has 2 rings (SSSR count). The van der Waals surface area contributed by atoms with Crippen molar-refractivity contribution in [3.63, 3.8) is 0 Å². The number of hydrogen-bond donors (Lipinski definition) is 2. The third-order valence-electron chi connectivity index (χ3n) is 2.66. The summed E-state index contributed by atoms with van der Waals surface area (Å²) in [6.07, 6.45) is 0.865. The van der Waals surface area contributed by atoms with Crippen LogP contribution in [0, 0.1) is 5.82 Å². The van der Waals surface area contributed by atoms with Crippen LogP contribution in [0.3, 0.4) is 0 Å². The summed E-state index contributed by atoms with van der Waals surface area (Å²) in [4.78, 5) is 30.8. The monoisotopic (exact) mass is 318 g/mol. The predicted molar refractivity (Wildman–Crippen MR) is 81.6 cm³/mol. The van der Waals surface area contributed by atoms with Gasteiger partial charge < -0.3 is 15.4 Å². The quantitative estimate of drug-likeness (QED) is 0.627. The minimum atomic E-state index is -0.608. The molecular formula is C15H15FN4O3. The van der Waals surface area contributed by atoms with Gasteiger partial charge in [0.25, 0.3) is 0 Å². The van der Waals surface area contributed by atoms with Crippen molar-refractivity contribution < 1.29 is 18.7 Å². The number of hydrogen-bond acceptors (Lipinski definition) is 6. The maximum absolute atomic E-state index is 12.9. The molecule has 0 aliphatic carbocycles. The third-order valence-corrected chi connectivity index (χ3v) is 2.66. The number of esters is 1. The fourth-order valence-corrected chi connectivity index (χ4v) is 1.71. The van der Waals surface area contributed by atoms with E-state index in [1.54, 1.807) is 19.1 Å². The molecule has 1 amide bonds. The fraction of sp³-hybridized carbons (Fsp3) is 0.200. The zero-order valence-corrected chi connectivity index (χ0v) is 12.4. The molecule has 0 saturated heterocycles. The van der Waals surface area contributed by atoms with E-state index in [9.17, 15) is 14.0 Å². The van der Waals surface area contributed by atoms with Gasteiger partial charge in [-0.15, -0.1) is 0 Å². The Labute approximate surface area is 131 Å². The van der Waals surface area contributed by atoms with Crippen molar-refractivity contribution in [2.24, 2.45) is 0 Å². The highest BCUT2D eigenvalue weighted by Gasteiger charge is 2.11. The van der Waals surface area contributed by atoms with E-state index < -0.39 is 18.3 Å². The summed E-state index contributed by atoms with van der Waals surface area (Å²) in [5.41, 5.74) is 0.633. The molecular weight excluding hydrogens is 303 g/mol. The first-order valence-electron chi connectivity index (χ1n) is 6.87. The van der Waals surface area contributed by atoms with Gasteiger partial charge in [0.05, 0.1) is 6.61 Å². The lowest BCUT2D eigenvalue weighted by atomic mass is 10.3. The van der Waals surface area contributed by atoms with E-state index in [0.29, 0.717) is 11.5 Å². The van der Waals surface area contributed by atoms with Gasteiger partial charge in [0.2, 0.25) is 5.91 Å². The molecule has 0 bridgehead atoms. The highest BCUT2D eigenvalue weighted by molar-refractivity contribution is 6.01. The molecule has 120 valence electrons. The maximum atomic E-state index is 12.9. The molecule has 0 aliphatic rings. The Hall–Kier alpha value is -3.03. The minimum Gasteiger partial charge on any atom is -0.466 e. The lowest BCUT2D eigenvalue weighted by Gasteiger charge is -2.08. The summed E-state index contributed by atoms with van der Waals surface area (Å²) in [7, 11) is 0. The Balaban J connectivity index is 1.98. The number of carbonyl (C=O) groups excluding carboxylic acids is 2. The smallest absolute Gasteiger partial charge is 0.315 e. The van der Waals surface area contributed by atoms with Crippen molar-refractivity contribution in [1.82, 2.24) is 9.97 Å². The Morgan fingerprint density at radius 3 is 2.57 bits per heavy atom. The van der Waals surface area contributed by atoms with Crippen LogP contribution < -0.4 is 10.6 Å². The van der Waals surface area contributed by atoms with E-state index >= 15 is 0 Å². The molecule has 1 heterocycles. The van der Waals surface area contributed by atoms with Gasteiger partial charge >= 0.3 is 5.97 Å². The molecule has 2 N–H and O–H groups in total. The van der Waals surface area contributed by atoms with E-state index in [1.165, 1.54) is 24.5 Å². The average molecular weight is 318 g/mol. The SMILES string of the molecule is CCOC(=O)CC(=O)Nc1cc(Nc2ccc(F)cc2)ncn1. The van der Waals surface area contributed by atoms with Gasteiger partial charge in [-0.3, -0.25) is 9.59 Å².